The number of aliphatic hydroxyl groups excluding tert-OH is 1. The Morgan fingerprint density at radius 1 is 1.57 bits per heavy atom. The van der Waals surface area contributed by atoms with Crippen LogP contribution in [0.2, 0.25) is 0 Å². The molecule has 1 aliphatic heterocycles. The Kier molecular flexibility index (Phi) is 2.74. The van der Waals surface area contributed by atoms with Gasteiger partial charge in [0.1, 0.15) is 11.9 Å². The monoisotopic (exact) mass is 197 g/mol. The number of nitrogens with zero attached hydrogens (tertiary/aromatic N) is 1. The standard InChI is InChI=1S/C10H12FNO2/c11-8-4-7(5-12-6-8)10(13)9-2-1-3-14-9/h4-6,9-10,13H,1-3H2. The van der Waals surface area contributed by atoms with Crippen molar-refractivity contribution in [3.63, 3.8) is 0 Å². The molecule has 2 atom stereocenters. The van der Waals surface area contributed by atoms with Crippen molar-refractivity contribution in [2.24, 2.45) is 0 Å². The van der Waals surface area contributed by atoms with Gasteiger partial charge in [0.2, 0.25) is 0 Å². The summed E-state index contributed by atoms with van der Waals surface area (Å²) in [4.78, 5) is 3.69. The zero-order chi connectivity index (χ0) is 9.97. The molecule has 76 valence electrons. The average Bonchev–Trinajstić information content (AvgIpc) is 2.69. The molecule has 1 aliphatic rings. The van der Waals surface area contributed by atoms with Gasteiger partial charge in [-0.15, -0.1) is 0 Å². The summed E-state index contributed by atoms with van der Waals surface area (Å²) in [5, 5.41) is 9.81. The Morgan fingerprint density at radius 3 is 3.07 bits per heavy atom. The molecule has 1 aromatic heterocycles. The number of pyridine rings is 1. The third kappa shape index (κ3) is 1.91. The maximum absolute atomic E-state index is 12.8. The molecule has 14 heavy (non-hydrogen) atoms. The van der Waals surface area contributed by atoms with Crippen molar-refractivity contribution in [2.45, 2.75) is 25.0 Å². The van der Waals surface area contributed by atoms with Crippen molar-refractivity contribution >= 4 is 0 Å². The number of halogens is 1. The van der Waals surface area contributed by atoms with Crippen LogP contribution in [0.4, 0.5) is 4.39 Å². The fourth-order valence-electron chi connectivity index (χ4n) is 1.66. The largest absolute Gasteiger partial charge is 0.386 e. The van der Waals surface area contributed by atoms with E-state index in [1.165, 1.54) is 12.3 Å². The van der Waals surface area contributed by atoms with E-state index < -0.39 is 11.9 Å². The minimum atomic E-state index is -0.763. The molecule has 4 heteroatoms. The Hall–Kier alpha value is -1.00. The SMILES string of the molecule is OC(c1cncc(F)c1)C1CCCO1. The molecule has 0 aromatic carbocycles. The molecular formula is C10H12FNO2. The lowest BCUT2D eigenvalue weighted by molar-refractivity contribution is -0.00288. The highest BCUT2D eigenvalue weighted by molar-refractivity contribution is 5.14. The molecule has 3 nitrogen and oxygen atoms in total. The predicted molar refractivity (Wildman–Crippen MR) is 48.1 cm³/mol. The summed E-state index contributed by atoms with van der Waals surface area (Å²) in [5.74, 6) is -0.431. The van der Waals surface area contributed by atoms with Crippen molar-refractivity contribution in [3.8, 4) is 0 Å². The summed E-state index contributed by atoms with van der Waals surface area (Å²) in [6.07, 6.45) is 3.38. The minimum Gasteiger partial charge on any atom is -0.386 e. The second kappa shape index (κ2) is 4.02. The molecule has 0 bridgehead atoms. The van der Waals surface area contributed by atoms with E-state index in [-0.39, 0.29) is 6.10 Å². The summed E-state index contributed by atoms with van der Waals surface area (Å²) in [6, 6.07) is 1.29. The molecule has 0 saturated carbocycles. The lowest BCUT2D eigenvalue weighted by Gasteiger charge is -2.17. The second-order valence-corrected chi connectivity index (χ2v) is 3.43. The number of hydrogen-bond acceptors (Lipinski definition) is 3. The van der Waals surface area contributed by atoms with E-state index >= 15 is 0 Å². The maximum Gasteiger partial charge on any atom is 0.141 e. The van der Waals surface area contributed by atoms with Gasteiger partial charge in [0.25, 0.3) is 0 Å². The van der Waals surface area contributed by atoms with Gasteiger partial charge in [-0.3, -0.25) is 4.98 Å². The Labute approximate surface area is 81.5 Å². The summed E-state index contributed by atoms with van der Waals surface area (Å²) in [5.41, 5.74) is 0.483. The first kappa shape index (κ1) is 9.55. The molecule has 0 radical (unpaired) electrons. The van der Waals surface area contributed by atoms with Crippen molar-refractivity contribution in [1.29, 1.82) is 0 Å². The van der Waals surface area contributed by atoms with Crippen LogP contribution >= 0.6 is 0 Å². The van der Waals surface area contributed by atoms with E-state index in [0.717, 1.165) is 19.0 Å². The van der Waals surface area contributed by atoms with Crippen LogP contribution in [0.15, 0.2) is 18.5 Å². The number of hydrogen-bond donors (Lipinski definition) is 1. The highest BCUT2D eigenvalue weighted by Crippen LogP contribution is 2.26. The topological polar surface area (TPSA) is 42.4 Å². The smallest absolute Gasteiger partial charge is 0.141 e. The maximum atomic E-state index is 12.8. The molecule has 1 aromatic rings. The normalized spacial score (nSPS) is 23.7. The van der Waals surface area contributed by atoms with Gasteiger partial charge in [0.05, 0.1) is 12.3 Å². The Balaban J connectivity index is 2.13. The molecule has 1 fully saturated rings. The van der Waals surface area contributed by atoms with Crippen LogP contribution in [0.5, 0.6) is 0 Å². The van der Waals surface area contributed by atoms with Crippen molar-refractivity contribution in [2.75, 3.05) is 6.61 Å². The van der Waals surface area contributed by atoms with Crippen LogP contribution in [-0.2, 0) is 4.74 Å². The highest BCUT2D eigenvalue weighted by atomic mass is 19.1. The van der Waals surface area contributed by atoms with Crippen LogP contribution in [0.25, 0.3) is 0 Å². The highest BCUT2D eigenvalue weighted by Gasteiger charge is 2.25. The van der Waals surface area contributed by atoms with Gasteiger partial charge in [0, 0.05) is 18.4 Å². The van der Waals surface area contributed by atoms with Crippen LogP contribution in [0, 0.1) is 5.82 Å². The lowest BCUT2D eigenvalue weighted by Crippen LogP contribution is -2.17. The zero-order valence-electron chi connectivity index (χ0n) is 7.69. The van der Waals surface area contributed by atoms with Gasteiger partial charge in [-0.1, -0.05) is 0 Å². The van der Waals surface area contributed by atoms with Crippen molar-refractivity contribution in [1.82, 2.24) is 4.98 Å². The third-order valence-corrected chi connectivity index (χ3v) is 2.38. The lowest BCUT2D eigenvalue weighted by atomic mass is 10.0. The van der Waals surface area contributed by atoms with Crippen LogP contribution in [-0.4, -0.2) is 22.8 Å². The predicted octanol–water partition coefficient (Wildman–Crippen LogP) is 1.43. The first-order chi connectivity index (χ1) is 6.77. The Morgan fingerprint density at radius 2 is 2.43 bits per heavy atom. The van der Waals surface area contributed by atoms with Gasteiger partial charge in [-0.05, 0) is 18.9 Å². The van der Waals surface area contributed by atoms with Crippen LogP contribution in [0.3, 0.4) is 0 Å². The van der Waals surface area contributed by atoms with E-state index in [0.29, 0.717) is 12.2 Å². The van der Waals surface area contributed by atoms with Crippen LogP contribution in [0.1, 0.15) is 24.5 Å². The van der Waals surface area contributed by atoms with E-state index in [2.05, 4.69) is 4.98 Å². The summed E-state index contributed by atoms with van der Waals surface area (Å²) < 4.78 is 18.1. The fraction of sp³-hybridized carbons (Fsp3) is 0.500. The Bertz CT molecular complexity index is 313. The molecule has 1 N–H and O–H groups in total. The second-order valence-electron chi connectivity index (χ2n) is 3.43. The van der Waals surface area contributed by atoms with Crippen molar-refractivity contribution < 1.29 is 14.2 Å². The molecule has 0 amide bonds. The quantitative estimate of drug-likeness (QED) is 0.779. The van der Waals surface area contributed by atoms with E-state index in [1.807, 2.05) is 0 Å². The molecule has 1 saturated heterocycles. The van der Waals surface area contributed by atoms with E-state index in [1.54, 1.807) is 0 Å². The summed E-state index contributed by atoms with van der Waals surface area (Å²) in [6.45, 7) is 0.671. The summed E-state index contributed by atoms with van der Waals surface area (Å²) >= 11 is 0. The first-order valence-corrected chi connectivity index (χ1v) is 4.67. The number of ether oxygens (including phenoxy) is 1. The van der Waals surface area contributed by atoms with Crippen LogP contribution < -0.4 is 0 Å². The van der Waals surface area contributed by atoms with E-state index in [4.69, 9.17) is 4.74 Å². The molecule has 0 spiro atoms. The van der Waals surface area contributed by atoms with Gasteiger partial charge >= 0.3 is 0 Å². The van der Waals surface area contributed by atoms with Gasteiger partial charge in [-0.2, -0.15) is 0 Å². The fourth-order valence-corrected chi connectivity index (χ4v) is 1.66. The molecule has 2 heterocycles. The molecule has 2 rings (SSSR count). The molecule has 2 unspecified atom stereocenters. The average molecular weight is 197 g/mol. The van der Waals surface area contributed by atoms with Gasteiger partial charge in [0.15, 0.2) is 0 Å². The third-order valence-electron chi connectivity index (χ3n) is 2.38. The van der Waals surface area contributed by atoms with E-state index in [9.17, 15) is 9.50 Å². The number of aromatic nitrogens is 1. The zero-order valence-corrected chi connectivity index (χ0v) is 7.69. The van der Waals surface area contributed by atoms with Gasteiger partial charge < -0.3 is 9.84 Å². The number of rotatable bonds is 2. The summed E-state index contributed by atoms with van der Waals surface area (Å²) in [7, 11) is 0. The van der Waals surface area contributed by atoms with Gasteiger partial charge in [-0.25, -0.2) is 4.39 Å². The number of aliphatic hydroxyl groups is 1. The molecule has 0 aliphatic carbocycles. The minimum absolute atomic E-state index is 0.210. The van der Waals surface area contributed by atoms with Crippen molar-refractivity contribution in [3.05, 3.63) is 29.8 Å². The first-order valence-electron chi connectivity index (χ1n) is 4.67. The molecular weight excluding hydrogens is 185 g/mol.